The number of rotatable bonds is 7. The second-order valence-electron chi connectivity index (χ2n) is 4.23. The van der Waals surface area contributed by atoms with Gasteiger partial charge in [0.25, 0.3) is 0 Å². The van der Waals surface area contributed by atoms with Crippen molar-refractivity contribution in [1.82, 2.24) is 0 Å². The Balaban J connectivity index is 2.74. The minimum absolute atomic E-state index is 0.313. The molecule has 1 aromatic carbocycles. The maximum atomic E-state index is 5.58. The van der Waals surface area contributed by atoms with Gasteiger partial charge in [-0.1, -0.05) is 25.8 Å². The summed E-state index contributed by atoms with van der Waals surface area (Å²) in [6, 6.07) is 4.40. The van der Waals surface area contributed by atoms with Gasteiger partial charge in [0.15, 0.2) is 6.79 Å². The number of hydrogen-bond acceptors (Lipinski definition) is 2. The molecule has 0 aliphatic heterocycles. The molecule has 0 fully saturated rings. The summed E-state index contributed by atoms with van der Waals surface area (Å²) in [4.78, 5) is 0. The Morgan fingerprint density at radius 3 is 2.65 bits per heavy atom. The van der Waals surface area contributed by atoms with E-state index in [1.807, 2.05) is 0 Å². The average Bonchev–Trinajstić information content (AvgIpc) is 2.32. The molecule has 0 saturated heterocycles. The van der Waals surface area contributed by atoms with Crippen LogP contribution in [0.25, 0.3) is 0 Å². The lowest BCUT2D eigenvalue weighted by Gasteiger charge is -2.12. The molecule has 0 N–H and O–H groups in total. The van der Waals surface area contributed by atoms with E-state index in [9.17, 15) is 0 Å². The first-order chi connectivity index (χ1) is 8.19. The van der Waals surface area contributed by atoms with Gasteiger partial charge in [-0.3, -0.25) is 0 Å². The highest BCUT2D eigenvalue weighted by Gasteiger charge is 2.07. The minimum atomic E-state index is 0.313. The van der Waals surface area contributed by atoms with Crippen LogP contribution in [0.15, 0.2) is 12.1 Å². The van der Waals surface area contributed by atoms with Crippen molar-refractivity contribution in [3.63, 3.8) is 0 Å². The predicted molar refractivity (Wildman–Crippen MR) is 79.6 cm³/mol. The standard InChI is InChI=1S/C14H21IO2/c1-4-5-6-7-12-8-11(2)14(15)13(9-12)17-10-16-3/h8-9H,4-7,10H2,1-3H3. The summed E-state index contributed by atoms with van der Waals surface area (Å²) in [5.41, 5.74) is 2.65. The SMILES string of the molecule is CCCCCc1cc(C)c(I)c(OCOC)c1. The lowest BCUT2D eigenvalue weighted by Crippen LogP contribution is -2.02. The second kappa shape index (κ2) is 7.93. The zero-order valence-corrected chi connectivity index (χ0v) is 13.0. The van der Waals surface area contributed by atoms with Crippen molar-refractivity contribution in [2.75, 3.05) is 13.9 Å². The van der Waals surface area contributed by atoms with E-state index in [1.54, 1.807) is 7.11 Å². The van der Waals surface area contributed by atoms with E-state index < -0.39 is 0 Å². The fourth-order valence-corrected chi connectivity index (χ4v) is 2.23. The quantitative estimate of drug-likeness (QED) is 0.415. The molecule has 0 atom stereocenters. The molecule has 17 heavy (non-hydrogen) atoms. The normalized spacial score (nSPS) is 10.6. The topological polar surface area (TPSA) is 18.5 Å². The molecular formula is C14H21IO2. The van der Waals surface area contributed by atoms with Crippen LogP contribution in [0.2, 0.25) is 0 Å². The fourth-order valence-electron chi connectivity index (χ4n) is 1.76. The largest absolute Gasteiger partial charge is 0.466 e. The third kappa shape index (κ3) is 4.84. The molecule has 0 bridgehead atoms. The molecular weight excluding hydrogens is 327 g/mol. The summed E-state index contributed by atoms with van der Waals surface area (Å²) < 4.78 is 11.7. The number of unbranched alkanes of at least 4 members (excludes halogenated alkanes) is 2. The van der Waals surface area contributed by atoms with E-state index in [2.05, 4.69) is 48.6 Å². The van der Waals surface area contributed by atoms with Crippen LogP contribution in [-0.2, 0) is 11.2 Å². The van der Waals surface area contributed by atoms with Gasteiger partial charge in [-0.05, 0) is 59.5 Å². The van der Waals surface area contributed by atoms with Crippen molar-refractivity contribution in [3.05, 3.63) is 26.8 Å². The summed E-state index contributed by atoms with van der Waals surface area (Å²) in [5.74, 6) is 0.943. The number of aryl methyl sites for hydroxylation is 2. The van der Waals surface area contributed by atoms with Crippen molar-refractivity contribution in [3.8, 4) is 5.75 Å². The highest BCUT2D eigenvalue weighted by Crippen LogP contribution is 2.27. The molecule has 96 valence electrons. The third-order valence-electron chi connectivity index (χ3n) is 2.68. The van der Waals surface area contributed by atoms with Gasteiger partial charge in [-0.2, -0.15) is 0 Å². The van der Waals surface area contributed by atoms with Crippen LogP contribution in [0, 0.1) is 10.5 Å². The number of halogens is 1. The van der Waals surface area contributed by atoms with Gasteiger partial charge in [-0.25, -0.2) is 0 Å². The number of benzene rings is 1. The van der Waals surface area contributed by atoms with Gasteiger partial charge in [0, 0.05) is 7.11 Å². The molecule has 1 rings (SSSR count). The van der Waals surface area contributed by atoms with Crippen molar-refractivity contribution >= 4 is 22.6 Å². The molecule has 0 spiro atoms. The lowest BCUT2D eigenvalue weighted by molar-refractivity contribution is 0.0504. The van der Waals surface area contributed by atoms with Crippen LogP contribution in [-0.4, -0.2) is 13.9 Å². The predicted octanol–water partition coefficient (Wildman–Crippen LogP) is 4.32. The molecule has 0 aliphatic rings. The summed E-state index contributed by atoms with van der Waals surface area (Å²) >= 11 is 2.33. The molecule has 0 radical (unpaired) electrons. The summed E-state index contributed by atoms with van der Waals surface area (Å²) in [7, 11) is 1.64. The first-order valence-corrected chi connectivity index (χ1v) is 7.17. The van der Waals surface area contributed by atoms with Gasteiger partial charge in [-0.15, -0.1) is 0 Å². The Labute approximate surface area is 118 Å². The maximum absolute atomic E-state index is 5.58. The average molecular weight is 348 g/mol. The molecule has 0 amide bonds. The molecule has 0 saturated carbocycles. The summed E-state index contributed by atoms with van der Waals surface area (Å²) in [6.45, 7) is 4.67. The van der Waals surface area contributed by atoms with Crippen molar-refractivity contribution in [2.24, 2.45) is 0 Å². The Bertz CT molecular complexity index is 350. The second-order valence-corrected chi connectivity index (χ2v) is 5.31. The van der Waals surface area contributed by atoms with E-state index in [4.69, 9.17) is 9.47 Å². The van der Waals surface area contributed by atoms with Gasteiger partial charge < -0.3 is 9.47 Å². The summed E-state index contributed by atoms with van der Waals surface area (Å²) in [6.07, 6.45) is 4.94. The Hall–Kier alpha value is -0.290. The first-order valence-electron chi connectivity index (χ1n) is 6.09. The monoisotopic (exact) mass is 348 g/mol. The van der Waals surface area contributed by atoms with Crippen molar-refractivity contribution < 1.29 is 9.47 Å². The Kier molecular flexibility index (Phi) is 6.89. The smallest absolute Gasteiger partial charge is 0.188 e. The van der Waals surface area contributed by atoms with Gasteiger partial charge >= 0.3 is 0 Å². The van der Waals surface area contributed by atoms with Crippen LogP contribution in [0.1, 0.15) is 37.3 Å². The van der Waals surface area contributed by atoms with E-state index in [-0.39, 0.29) is 0 Å². The molecule has 0 aromatic heterocycles. The molecule has 0 unspecified atom stereocenters. The van der Waals surface area contributed by atoms with Crippen LogP contribution < -0.4 is 4.74 Å². The Morgan fingerprint density at radius 1 is 1.24 bits per heavy atom. The van der Waals surface area contributed by atoms with Crippen LogP contribution in [0.4, 0.5) is 0 Å². The van der Waals surface area contributed by atoms with Crippen LogP contribution in [0.3, 0.4) is 0 Å². The lowest BCUT2D eigenvalue weighted by atomic mass is 10.0. The number of ether oxygens (including phenoxy) is 2. The zero-order chi connectivity index (χ0) is 12.7. The minimum Gasteiger partial charge on any atom is -0.466 e. The van der Waals surface area contributed by atoms with E-state index in [0.717, 1.165) is 12.2 Å². The molecule has 3 heteroatoms. The molecule has 0 heterocycles. The summed E-state index contributed by atoms with van der Waals surface area (Å²) in [5, 5.41) is 0. The third-order valence-corrected chi connectivity index (χ3v) is 4.06. The van der Waals surface area contributed by atoms with Gasteiger partial charge in [0.2, 0.25) is 0 Å². The van der Waals surface area contributed by atoms with Gasteiger partial charge in [0.05, 0.1) is 3.57 Å². The van der Waals surface area contributed by atoms with E-state index >= 15 is 0 Å². The zero-order valence-electron chi connectivity index (χ0n) is 10.9. The van der Waals surface area contributed by atoms with Crippen molar-refractivity contribution in [1.29, 1.82) is 0 Å². The number of methoxy groups -OCH3 is 1. The highest BCUT2D eigenvalue weighted by atomic mass is 127. The highest BCUT2D eigenvalue weighted by molar-refractivity contribution is 14.1. The number of hydrogen-bond donors (Lipinski definition) is 0. The molecule has 1 aromatic rings. The fraction of sp³-hybridized carbons (Fsp3) is 0.571. The van der Waals surface area contributed by atoms with Gasteiger partial charge in [0.1, 0.15) is 5.75 Å². The van der Waals surface area contributed by atoms with E-state index in [0.29, 0.717) is 6.79 Å². The first kappa shape index (κ1) is 14.8. The van der Waals surface area contributed by atoms with Crippen LogP contribution in [0.5, 0.6) is 5.75 Å². The molecule has 2 nitrogen and oxygen atoms in total. The van der Waals surface area contributed by atoms with Crippen LogP contribution >= 0.6 is 22.6 Å². The van der Waals surface area contributed by atoms with Crippen molar-refractivity contribution in [2.45, 2.75) is 39.5 Å². The van der Waals surface area contributed by atoms with E-state index in [1.165, 1.54) is 34.0 Å². The maximum Gasteiger partial charge on any atom is 0.188 e. The molecule has 0 aliphatic carbocycles. The Morgan fingerprint density at radius 2 is 2.00 bits per heavy atom.